The molecule has 1 saturated heterocycles. The number of carbonyl (C=O) groups is 1. The van der Waals surface area contributed by atoms with Crippen LogP contribution in [0, 0.1) is 6.92 Å². The fourth-order valence-corrected chi connectivity index (χ4v) is 6.43. The number of benzene rings is 2. The first kappa shape index (κ1) is 21.7. The van der Waals surface area contributed by atoms with Crippen molar-refractivity contribution in [3.63, 3.8) is 0 Å². The summed E-state index contributed by atoms with van der Waals surface area (Å²) < 4.78 is 32.9. The fourth-order valence-electron chi connectivity index (χ4n) is 3.35. The van der Waals surface area contributed by atoms with Crippen molar-refractivity contribution in [2.75, 3.05) is 30.5 Å². The largest absolute Gasteiger partial charge is 0.496 e. The standard InChI is InChI=1S/C21H26N2O4S2/c1-4-18-14-28-12-11-23(18)29(25,26)19-8-6-17(7-9-19)22-21(24)16-5-10-20(27-3)15(2)13-16/h5-10,13,18H,4,11-12,14H2,1-3H3,(H,22,24). The number of methoxy groups -OCH3 is 1. The lowest BCUT2D eigenvalue weighted by Crippen LogP contribution is -2.45. The number of hydrogen-bond acceptors (Lipinski definition) is 5. The van der Waals surface area contributed by atoms with Crippen LogP contribution in [-0.2, 0) is 10.0 Å². The predicted molar refractivity (Wildman–Crippen MR) is 117 cm³/mol. The highest BCUT2D eigenvalue weighted by Gasteiger charge is 2.32. The quantitative estimate of drug-likeness (QED) is 0.749. The van der Waals surface area contributed by atoms with Gasteiger partial charge in [0.2, 0.25) is 10.0 Å². The third-order valence-corrected chi connectivity index (χ3v) is 8.08. The molecule has 0 saturated carbocycles. The van der Waals surface area contributed by atoms with Gasteiger partial charge < -0.3 is 10.1 Å². The van der Waals surface area contributed by atoms with Crippen LogP contribution in [0.1, 0.15) is 29.3 Å². The van der Waals surface area contributed by atoms with Crippen LogP contribution in [-0.4, -0.2) is 49.8 Å². The van der Waals surface area contributed by atoms with Gasteiger partial charge in [0.15, 0.2) is 0 Å². The number of sulfonamides is 1. The summed E-state index contributed by atoms with van der Waals surface area (Å²) in [7, 11) is -1.95. The Morgan fingerprint density at radius 2 is 1.97 bits per heavy atom. The monoisotopic (exact) mass is 434 g/mol. The molecule has 1 fully saturated rings. The van der Waals surface area contributed by atoms with Gasteiger partial charge in [0.05, 0.1) is 12.0 Å². The van der Waals surface area contributed by atoms with E-state index in [4.69, 9.17) is 4.74 Å². The topological polar surface area (TPSA) is 75.7 Å². The molecule has 1 aliphatic rings. The number of ether oxygens (including phenoxy) is 1. The summed E-state index contributed by atoms with van der Waals surface area (Å²) in [4.78, 5) is 12.7. The zero-order valence-electron chi connectivity index (χ0n) is 16.8. The van der Waals surface area contributed by atoms with Gasteiger partial charge >= 0.3 is 0 Å². The Morgan fingerprint density at radius 3 is 2.59 bits per heavy atom. The van der Waals surface area contributed by atoms with E-state index in [1.165, 1.54) is 0 Å². The molecule has 1 amide bonds. The van der Waals surface area contributed by atoms with Gasteiger partial charge in [-0.05, 0) is 61.4 Å². The van der Waals surface area contributed by atoms with Crippen molar-refractivity contribution in [3.05, 3.63) is 53.6 Å². The molecule has 3 rings (SSSR count). The molecule has 0 aromatic heterocycles. The summed E-state index contributed by atoms with van der Waals surface area (Å²) in [6.45, 7) is 4.41. The molecule has 0 bridgehead atoms. The van der Waals surface area contributed by atoms with Crippen LogP contribution in [0.4, 0.5) is 5.69 Å². The number of hydrogen-bond donors (Lipinski definition) is 1. The van der Waals surface area contributed by atoms with Crippen molar-refractivity contribution in [2.45, 2.75) is 31.2 Å². The zero-order valence-corrected chi connectivity index (χ0v) is 18.5. The lowest BCUT2D eigenvalue weighted by Gasteiger charge is -2.33. The Bertz CT molecular complexity index is 975. The van der Waals surface area contributed by atoms with E-state index in [0.717, 1.165) is 29.2 Å². The molecule has 1 aliphatic heterocycles. The lowest BCUT2D eigenvalue weighted by molar-refractivity contribution is 0.102. The minimum atomic E-state index is -3.54. The average molecular weight is 435 g/mol. The molecule has 29 heavy (non-hydrogen) atoms. The van der Waals surface area contributed by atoms with E-state index < -0.39 is 10.0 Å². The van der Waals surface area contributed by atoms with Crippen LogP contribution in [0.15, 0.2) is 47.4 Å². The van der Waals surface area contributed by atoms with Crippen LogP contribution >= 0.6 is 11.8 Å². The van der Waals surface area contributed by atoms with Crippen LogP contribution in [0.3, 0.4) is 0 Å². The lowest BCUT2D eigenvalue weighted by atomic mass is 10.1. The Hall–Kier alpha value is -2.03. The fraction of sp³-hybridized carbons (Fsp3) is 0.381. The van der Waals surface area contributed by atoms with E-state index >= 15 is 0 Å². The van der Waals surface area contributed by atoms with Crippen molar-refractivity contribution in [1.82, 2.24) is 4.31 Å². The number of rotatable bonds is 6. The highest BCUT2D eigenvalue weighted by atomic mass is 32.2. The zero-order chi connectivity index (χ0) is 21.0. The van der Waals surface area contributed by atoms with Gasteiger partial charge in [-0.2, -0.15) is 16.1 Å². The summed E-state index contributed by atoms with van der Waals surface area (Å²) in [6, 6.07) is 11.6. The molecule has 8 heteroatoms. The second kappa shape index (κ2) is 9.19. The van der Waals surface area contributed by atoms with Crippen LogP contribution < -0.4 is 10.1 Å². The van der Waals surface area contributed by atoms with Gasteiger partial charge in [-0.3, -0.25) is 4.79 Å². The van der Waals surface area contributed by atoms with Gasteiger partial charge in [-0.1, -0.05) is 6.92 Å². The first-order valence-corrected chi connectivity index (χ1v) is 12.1. The van der Waals surface area contributed by atoms with E-state index in [2.05, 4.69) is 5.32 Å². The number of carbonyl (C=O) groups excluding carboxylic acids is 1. The van der Waals surface area contributed by atoms with Crippen molar-refractivity contribution >= 4 is 33.4 Å². The van der Waals surface area contributed by atoms with Gasteiger partial charge in [-0.15, -0.1) is 0 Å². The highest BCUT2D eigenvalue weighted by Crippen LogP contribution is 2.27. The van der Waals surface area contributed by atoms with Crippen LogP contribution in [0.25, 0.3) is 0 Å². The molecular formula is C21H26N2O4S2. The molecule has 1 heterocycles. The maximum Gasteiger partial charge on any atom is 0.255 e. The second-order valence-corrected chi connectivity index (χ2v) is 9.96. The molecule has 0 radical (unpaired) electrons. The molecule has 2 aromatic carbocycles. The summed E-state index contributed by atoms with van der Waals surface area (Å²) in [5, 5.41) is 2.81. The van der Waals surface area contributed by atoms with Crippen molar-refractivity contribution in [3.8, 4) is 5.75 Å². The van der Waals surface area contributed by atoms with Crippen LogP contribution in [0.5, 0.6) is 5.75 Å². The summed E-state index contributed by atoms with van der Waals surface area (Å²) in [6.07, 6.45) is 0.793. The molecule has 6 nitrogen and oxygen atoms in total. The maximum atomic E-state index is 13.0. The SMILES string of the molecule is CCC1CSCCN1S(=O)(=O)c1ccc(NC(=O)c2ccc(OC)c(C)c2)cc1. The molecule has 0 aliphatic carbocycles. The molecular weight excluding hydrogens is 408 g/mol. The number of anilines is 1. The number of aryl methyl sites for hydroxylation is 1. The first-order chi connectivity index (χ1) is 13.9. The third-order valence-electron chi connectivity index (χ3n) is 5.02. The molecule has 1 atom stereocenters. The summed E-state index contributed by atoms with van der Waals surface area (Å²) in [5.41, 5.74) is 1.92. The number of thioether (sulfide) groups is 1. The molecule has 1 unspecified atom stereocenters. The molecule has 1 N–H and O–H groups in total. The maximum absolute atomic E-state index is 13.0. The van der Waals surface area contributed by atoms with Gasteiger partial charge in [-0.25, -0.2) is 8.42 Å². The first-order valence-electron chi connectivity index (χ1n) is 9.52. The molecule has 156 valence electrons. The summed E-state index contributed by atoms with van der Waals surface area (Å²) in [5.74, 6) is 2.10. The number of nitrogens with zero attached hydrogens (tertiary/aromatic N) is 1. The van der Waals surface area contributed by atoms with Crippen molar-refractivity contribution in [2.24, 2.45) is 0 Å². The third kappa shape index (κ3) is 4.76. The average Bonchev–Trinajstić information content (AvgIpc) is 2.74. The van der Waals surface area contributed by atoms with Gasteiger partial charge in [0.1, 0.15) is 5.75 Å². The van der Waals surface area contributed by atoms with E-state index in [0.29, 0.717) is 17.8 Å². The van der Waals surface area contributed by atoms with Crippen LogP contribution in [0.2, 0.25) is 0 Å². The smallest absolute Gasteiger partial charge is 0.255 e. The number of nitrogens with one attached hydrogen (secondary N) is 1. The summed E-state index contributed by atoms with van der Waals surface area (Å²) >= 11 is 1.79. The minimum absolute atomic E-state index is 0.0245. The normalized spacial score (nSPS) is 17.7. The highest BCUT2D eigenvalue weighted by molar-refractivity contribution is 7.99. The molecule has 0 spiro atoms. The number of amides is 1. The van der Waals surface area contributed by atoms with E-state index in [9.17, 15) is 13.2 Å². The Kier molecular flexibility index (Phi) is 6.87. The minimum Gasteiger partial charge on any atom is -0.496 e. The van der Waals surface area contributed by atoms with Crippen molar-refractivity contribution in [1.29, 1.82) is 0 Å². The van der Waals surface area contributed by atoms with Crippen molar-refractivity contribution < 1.29 is 17.9 Å². The Labute approximate surface area is 176 Å². The van der Waals surface area contributed by atoms with E-state index in [1.807, 2.05) is 13.8 Å². The van der Waals surface area contributed by atoms with E-state index in [1.54, 1.807) is 65.6 Å². The predicted octanol–water partition coefficient (Wildman–Crippen LogP) is 3.77. The van der Waals surface area contributed by atoms with Gasteiger partial charge in [0.25, 0.3) is 5.91 Å². The Balaban J connectivity index is 1.74. The van der Waals surface area contributed by atoms with E-state index in [-0.39, 0.29) is 16.8 Å². The van der Waals surface area contributed by atoms with Gasteiger partial charge in [0, 0.05) is 35.3 Å². The second-order valence-electron chi connectivity index (χ2n) is 6.92. The Morgan fingerprint density at radius 1 is 1.24 bits per heavy atom. The molecule has 2 aromatic rings.